The van der Waals surface area contributed by atoms with Crippen molar-refractivity contribution in [3.63, 3.8) is 0 Å². The number of amidine groups is 2. The SMILES string of the molecule is CC(N)=NC(=N)c1ccc(-c2cccc(-c3ccccc3)c2)cc1. The van der Waals surface area contributed by atoms with E-state index in [0.29, 0.717) is 5.84 Å². The van der Waals surface area contributed by atoms with E-state index in [1.165, 1.54) is 11.1 Å². The van der Waals surface area contributed by atoms with Crippen molar-refractivity contribution in [1.29, 1.82) is 5.41 Å². The first-order valence-corrected chi connectivity index (χ1v) is 7.79. The van der Waals surface area contributed by atoms with Crippen LogP contribution >= 0.6 is 0 Å². The van der Waals surface area contributed by atoms with E-state index in [2.05, 4.69) is 41.4 Å². The molecule has 3 N–H and O–H groups in total. The van der Waals surface area contributed by atoms with Crippen LogP contribution in [0, 0.1) is 5.41 Å². The molecule has 3 aromatic rings. The van der Waals surface area contributed by atoms with Gasteiger partial charge < -0.3 is 5.73 Å². The highest BCUT2D eigenvalue weighted by Gasteiger charge is 2.04. The maximum absolute atomic E-state index is 7.91. The van der Waals surface area contributed by atoms with Crippen molar-refractivity contribution in [3.05, 3.63) is 84.4 Å². The summed E-state index contributed by atoms with van der Waals surface area (Å²) in [6, 6.07) is 26.6. The van der Waals surface area contributed by atoms with E-state index in [1.807, 2.05) is 42.5 Å². The third-order valence-corrected chi connectivity index (χ3v) is 3.75. The largest absolute Gasteiger partial charge is 0.387 e. The molecule has 0 aliphatic carbocycles. The molecule has 3 aromatic carbocycles. The fourth-order valence-electron chi connectivity index (χ4n) is 2.57. The topological polar surface area (TPSA) is 62.2 Å². The van der Waals surface area contributed by atoms with E-state index in [-0.39, 0.29) is 5.84 Å². The van der Waals surface area contributed by atoms with Gasteiger partial charge in [-0.25, -0.2) is 4.99 Å². The molecule has 0 fully saturated rings. The number of rotatable bonds is 3. The molecule has 3 nitrogen and oxygen atoms in total. The first-order chi connectivity index (χ1) is 11.6. The van der Waals surface area contributed by atoms with E-state index in [9.17, 15) is 0 Å². The summed E-state index contributed by atoms with van der Waals surface area (Å²) in [5.74, 6) is 0.569. The Balaban J connectivity index is 1.90. The van der Waals surface area contributed by atoms with E-state index in [0.717, 1.165) is 16.7 Å². The fourth-order valence-corrected chi connectivity index (χ4v) is 2.57. The summed E-state index contributed by atoms with van der Waals surface area (Å²) in [7, 11) is 0. The Bertz CT molecular complexity index is 874. The second kappa shape index (κ2) is 6.92. The zero-order chi connectivity index (χ0) is 16.9. The normalized spacial score (nSPS) is 11.3. The summed E-state index contributed by atoms with van der Waals surface area (Å²) in [4.78, 5) is 3.98. The van der Waals surface area contributed by atoms with Gasteiger partial charge in [-0.3, -0.25) is 5.41 Å². The molecule has 0 amide bonds. The minimum atomic E-state index is 0.180. The lowest BCUT2D eigenvalue weighted by Crippen LogP contribution is -2.09. The smallest absolute Gasteiger partial charge is 0.153 e. The average Bonchev–Trinajstić information content (AvgIpc) is 2.62. The van der Waals surface area contributed by atoms with Gasteiger partial charge in [-0.2, -0.15) is 0 Å². The van der Waals surface area contributed by atoms with E-state index >= 15 is 0 Å². The van der Waals surface area contributed by atoms with Gasteiger partial charge in [0.2, 0.25) is 0 Å². The Morgan fingerprint density at radius 2 is 1.29 bits per heavy atom. The van der Waals surface area contributed by atoms with Crippen LogP contribution in [0.5, 0.6) is 0 Å². The van der Waals surface area contributed by atoms with Crippen LogP contribution in [0.2, 0.25) is 0 Å². The zero-order valence-electron chi connectivity index (χ0n) is 13.5. The second-order valence-corrected chi connectivity index (χ2v) is 5.63. The fraction of sp³-hybridized carbons (Fsp3) is 0.0476. The molecule has 3 rings (SSSR count). The summed E-state index contributed by atoms with van der Waals surface area (Å²) >= 11 is 0. The number of nitrogens with two attached hydrogens (primary N) is 1. The lowest BCUT2D eigenvalue weighted by Gasteiger charge is -2.07. The average molecular weight is 313 g/mol. The van der Waals surface area contributed by atoms with Crippen LogP contribution in [0.25, 0.3) is 22.3 Å². The van der Waals surface area contributed by atoms with Gasteiger partial charge in [-0.1, -0.05) is 72.8 Å². The molecule has 0 saturated carbocycles. The Morgan fingerprint density at radius 3 is 1.88 bits per heavy atom. The summed E-state index contributed by atoms with van der Waals surface area (Å²) in [6.45, 7) is 1.68. The molecule has 0 unspecified atom stereocenters. The van der Waals surface area contributed by atoms with Gasteiger partial charge in [0.15, 0.2) is 5.84 Å². The highest BCUT2D eigenvalue weighted by molar-refractivity contribution is 6.04. The van der Waals surface area contributed by atoms with Crippen LogP contribution in [-0.4, -0.2) is 11.7 Å². The van der Waals surface area contributed by atoms with Gasteiger partial charge >= 0.3 is 0 Å². The van der Waals surface area contributed by atoms with Crippen LogP contribution in [-0.2, 0) is 0 Å². The third-order valence-electron chi connectivity index (χ3n) is 3.75. The Kier molecular flexibility index (Phi) is 4.52. The maximum Gasteiger partial charge on any atom is 0.153 e. The molecule has 24 heavy (non-hydrogen) atoms. The van der Waals surface area contributed by atoms with Crippen molar-refractivity contribution in [1.82, 2.24) is 0 Å². The number of benzene rings is 3. The van der Waals surface area contributed by atoms with Gasteiger partial charge in [-0.15, -0.1) is 0 Å². The summed E-state index contributed by atoms with van der Waals surface area (Å²) in [5.41, 5.74) is 10.9. The number of hydrogen-bond acceptors (Lipinski definition) is 1. The Labute approximate surface area is 142 Å². The predicted molar refractivity (Wildman–Crippen MR) is 101 cm³/mol. The van der Waals surface area contributed by atoms with Crippen LogP contribution < -0.4 is 5.73 Å². The van der Waals surface area contributed by atoms with Crippen LogP contribution in [0.4, 0.5) is 0 Å². The molecule has 0 spiro atoms. The monoisotopic (exact) mass is 313 g/mol. The van der Waals surface area contributed by atoms with Gasteiger partial charge in [0.1, 0.15) is 0 Å². The van der Waals surface area contributed by atoms with Crippen LogP contribution in [0.1, 0.15) is 12.5 Å². The Morgan fingerprint density at radius 1 is 0.750 bits per heavy atom. The van der Waals surface area contributed by atoms with E-state index < -0.39 is 0 Å². The van der Waals surface area contributed by atoms with E-state index in [1.54, 1.807) is 6.92 Å². The number of aliphatic imine (C=N–C) groups is 1. The van der Waals surface area contributed by atoms with Gasteiger partial charge in [0.25, 0.3) is 0 Å². The first-order valence-electron chi connectivity index (χ1n) is 7.79. The quantitative estimate of drug-likeness (QED) is 0.533. The molecule has 3 heteroatoms. The van der Waals surface area contributed by atoms with Crippen molar-refractivity contribution in [2.75, 3.05) is 0 Å². The third kappa shape index (κ3) is 3.58. The van der Waals surface area contributed by atoms with Crippen molar-refractivity contribution >= 4 is 11.7 Å². The molecule has 0 aromatic heterocycles. The highest BCUT2D eigenvalue weighted by Crippen LogP contribution is 2.26. The van der Waals surface area contributed by atoms with Crippen molar-refractivity contribution < 1.29 is 0 Å². The van der Waals surface area contributed by atoms with Gasteiger partial charge in [0, 0.05) is 5.56 Å². The van der Waals surface area contributed by atoms with Crippen molar-refractivity contribution in [2.24, 2.45) is 10.7 Å². The Hall–Kier alpha value is -3.20. The predicted octanol–water partition coefficient (Wildman–Crippen LogP) is 4.72. The number of hydrogen-bond donors (Lipinski definition) is 2. The minimum Gasteiger partial charge on any atom is -0.387 e. The van der Waals surface area contributed by atoms with Crippen LogP contribution in [0.3, 0.4) is 0 Å². The van der Waals surface area contributed by atoms with Crippen molar-refractivity contribution in [2.45, 2.75) is 6.92 Å². The molecule has 0 radical (unpaired) electrons. The number of nitrogens with one attached hydrogen (secondary N) is 1. The van der Waals surface area contributed by atoms with Gasteiger partial charge in [0.05, 0.1) is 5.84 Å². The minimum absolute atomic E-state index is 0.180. The van der Waals surface area contributed by atoms with Crippen molar-refractivity contribution in [3.8, 4) is 22.3 Å². The molecule has 0 heterocycles. The molecule has 0 bridgehead atoms. The highest BCUT2D eigenvalue weighted by atomic mass is 14.9. The second-order valence-electron chi connectivity index (χ2n) is 5.63. The lowest BCUT2D eigenvalue weighted by atomic mass is 9.98. The molecule has 0 aliphatic rings. The molecular formula is C21H19N3. The number of nitrogens with zero attached hydrogens (tertiary/aromatic N) is 1. The maximum atomic E-state index is 7.91. The summed E-state index contributed by atoms with van der Waals surface area (Å²) in [6.07, 6.45) is 0. The molecule has 118 valence electrons. The summed E-state index contributed by atoms with van der Waals surface area (Å²) < 4.78 is 0. The summed E-state index contributed by atoms with van der Waals surface area (Å²) in [5, 5.41) is 7.91. The molecule has 0 atom stereocenters. The van der Waals surface area contributed by atoms with Gasteiger partial charge in [-0.05, 0) is 35.2 Å². The molecule has 0 aliphatic heterocycles. The molecular weight excluding hydrogens is 294 g/mol. The standard InChI is InChI=1S/C21H19N3/c1-15(22)24-21(23)18-12-10-17(11-13-18)20-9-5-8-19(14-20)16-6-3-2-4-7-16/h2-14H,1H3,(H3,22,23,24). The van der Waals surface area contributed by atoms with E-state index in [4.69, 9.17) is 11.1 Å². The van der Waals surface area contributed by atoms with Crippen LogP contribution in [0.15, 0.2) is 83.9 Å². The first kappa shape index (κ1) is 15.7. The zero-order valence-corrected chi connectivity index (χ0v) is 13.5. The molecule has 0 saturated heterocycles. The lowest BCUT2D eigenvalue weighted by molar-refractivity contribution is 1.39.